The maximum Gasteiger partial charge on any atom is 0.191 e. The zero-order valence-corrected chi connectivity index (χ0v) is 16.7. The smallest absolute Gasteiger partial charge is 0.191 e. The second-order valence-electron chi connectivity index (χ2n) is 5.65. The van der Waals surface area contributed by atoms with Gasteiger partial charge in [-0.1, -0.05) is 12.1 Å². The summed E-state index contributed by atoms with van der Waals surface area (Å²) in [6.07, 6.45) is 6.04. The van der Waals surface area contributed by atoms with Crippen molar-refractivity contribution in [2.75, 3.05) is 20.1 Å². The van der Waals surface area contributed by atoms with Crippen molar-refractivity contribution in [3.63, 3.8) is 0 Å². The number of rotatable bonds is 7. The van der Waals surface area contributed by atoms with E-state index in [4.69, 9.17) is 0 Å². The normalized spacial score (nSPS) is 11.3. The monoisotopic (exact) mass is 452 g/mol. The van der Waals surface area contributed by atoms with E-state index in [1.54, 1.807) is 7.05 Å². The molecular formula is C18H25IN6. The van der Waals surface area contributed by atoms with Gasteiger partial charge in [-0.25, -0.2) is 4.98 Å². The van der Waals surface area contributed by atoms with Crippen LogP contribution >= 0.6 is 24.0 Å². The van der Waals surface area contributed by atoms with Gasteiger partial charge in [0.15, 0.2) is 5.96 Å². The number of halogens is 1. The molecule has 0 aliphatic heterocycles. The summed E-state index contributed by atoms with van der Waals surface area (Å²) in [6, 6.07) is 12.2. The number of fused-ring (bicyclic) bond motifs is 1. The van der Waals surface area contributed by atoms with Crippen LogP contribution in [-0.4, -0.2) is 40.6 Å². The highest BCUT2D eigenvalue weighted by atomic mass is 127. The average molecular weight is 452 g/mol. The predicted molar refractivity (Wildman–Crippen MR) is 114 cm³/mol. The van der Waals surface area contributed by atoms with Crippen molar-refractivity contribution in [3.05, 3.63) is 54.6 Å². The predicted octanol–water partition coefficient (Wildman–Crippen LogP) is 2.78. The van der Waals surface area contributed by atoms with E-state index in [1.165, 1.54) is 0 Å². The molecule has 0 saturated carbocycles. The molecule has 2 aromatic heterocycles. The number of nitrogens with one attached hydrogen (secondary N) is 3. The fourth-order valence-electron chi connectivity index (χ4n) is 2.63. The fourth-order valence-corrected chi connectivity index (χ4v) is 2.63. The lowest BCUT2D eigenvalue weighted by Gasteiger charge is -2.11. The average Bonchev–Trinajstić information content (AvgIpc) is 3.25. The third kappa shape index (κ3) is 5.77. The molecule has 0 atom stereocenters. The first-order chi connectivity index (χ1) is 11.8. The van der Waals surface area contributed by atoms with E-state index in [0.29, 0.717) is 0 Å². The number of H-pyrrole nitrogens is 1. The molecule has 0 aliphatic carbocycles. The van der Waals surface area contributed by atoms with Crippen LogP contribution in [0, 0.1) is 0 Å². The molecule has 6 nitrogen and oxygen atoms in total. The second kappa shape index (κ2) is 10.1. The lowest BCUT2D eigenvalue weighted by Crippen LogP contribution is -2.39. The van der Waals surface area contributed by atoms with Crippen LogP contribution in [0.25, 0.3) is 11.0 Å². The summed E-state index contributed by atoms with van der Waals surface area (Å²) >= 11 is 0. The molecular weight excluding hydrogens is 427 g/mol. The van der Waals surface area contributed by atoms with Crippen LogP contribution < -0.4 is 10.6 Å². The van der Waals surface area contributed by atoms with E-state index < -0.39 is 0 Å². The van der Waals surface area contributed by atoms with Gasteiger partial charge in [-0.3, -0.25) is 4.99 Å². The van der Waals surface area contributed by atoms with E-state index in [-0.39, 0.29) is 24.0 Å². The Balaban J connectivity index is 0.00000225. The molecule has 3 aromatic rings. The molecule has 1 aromatic carbocycles. The Morgan fingerprint density at radius 1 is 1.12 bits per heavy atom. The summed E-state index contributed by atoms with van der Waals surface area (Å²) in [5, 5.41) is 6.66. The van der Waals surface area contributed by atoms with Gasteiger partial charge < -0.3 is 20.2 Å². The topological polar surface area (TPSA) is 70.0 Å². The highest BCUT2D eigenvalue weighted by molar-refractivity contribution is 14.0. The molecule has 0 bridgehead atoms. The van der Waals surface area contributed by atoms with E-state index >= 15 is 0 Å². The number of benzene rings is 1. The number of aromatic nitrogens is 3. The fraction of sp³-hybridized carbons (Fsp3) is 0.333. The van der Waals surface area contributed by atoms with Gasteiger partial charge in [0.2, 0.25) is 0 Å². The molecule has 25 heavy (non-hydrogen) atoms. The van der Waals surface area contributed by atoms with Crippen LogP contribution in [0.2, 0.25) is 0 Å². The largest absolute Gasteiger partial charge is 0.356 e. The third-order valence-corrected chi connectivity index (χ3v) is 3.87. The summed E-state index contributed by atoms with van der Waals surface area (Å²) in [5.41, 5.74) is 2.13. The van der Waals surface area contributed by atoms with E-state index in [2.05, 4.69) is 48.6 Å². The van der Waals surface area contributed by atoms with Crippen molar-refractivity contribution in [1.82, 2.24) is 25.2 Å². The maximum atomic E-state index is 4.60. The van der Waals surface area contributed by atoms with Crippen LogP contribution in [0.3, 0.4) is 0 Å². The number of nitrogens with zero attached hydrogens (tertiary/aromatic N) is 3. The number of imidazole rings is 1. The zero-order valence-electron chi connectivity index (χ0n) is 14.4. The molecule has 0 radical (unpaired) electrons. The van der Waals surface area contributed by atoms with Crippen LogP contribution in [0.5, 0.6) is 0 Å². The maximum absolute atomic E-state index is 4.60. The molecule has 0 unspecified atom stereocenters. The Hall–Kier alpha value is -2.03. The Kier molecular flexibility index (Phi) is 7.77. The minimum atomic E-state index is 0. The number of guanidine groups is 1. The van der Waals surface area contributed by atoms with Crippen molar-refractivity contribution in [2.24, 2.45) is 4.99 Å². The van der Waals surface area contributed by atoms with Gasteiger partial charge in [-0.05, 0) is 30.7 Å². The van der Waals surface area contributed by atoms with Gasteiger partial charge in [0.25, 0.3) is 0 Å². The standard InChI is InChI=1S/C18H24N6.HI/c1-19-18(21-11-14-24-12-4-5-13-24)20-10-6-9-17-22-15-7-2-3-8-16(15)23-17;/h2-5,7-8,12-13H,6,9-11,14H2,1H3,(H,22,23)(H2,19,20,21);1H. The van der Waals surface area contributed by atoms with Crippen molar-refractivity contribution in [2.45, 2.75) is 19.4 Å². The van der Waals surface area contributed by atoms with E-state index in [0.717, 1.165) is 55.3 Å². The van der Waals surface area contributed by atoms with Gasteiger partial charge >= 0.3 is 0 Å². The molecule has 7 heteroatoms. The van der Waals surface area contributed by atoms with Gasteiger partial charge in [0.05, 0.1) is 11.0 Å². The van der Waals surface area contributed by atoms with Crippen LogP contribution in [0.4, 0.5) is 0 Å². The molecule has 0 saturated heterocycles. The second-order valence-corrected chi connectivity index (χ2v) is 5.65. The number of aryl methyl sites for hydroxylation is 1. The summed E-state index contributed by atoms with van der Waals surface area (Å²) in [4.78, 5) is 12.2. The summed E-state index contributed by atoms with van der Waals surface area (Å²) < 4.78 is 2.14. The Morgan fingerprint density at radius 2 is 1.88 bits per heavy atom. The zero-order chi connectivity index (χ0) is 16.6. The Labute approximate surface area is 165 Å². The Bertz CT molecular complexity index is 745. The number of para-hydroxylation sites is 2. The van der Waals surface area contributed by atoms with Gasteiger partial charge in [0.1, 0.15) is 5.82 Å². The van der Waals surface area contributed by atoms with Crippen LogP contribution in [0.1, 0.15) is 12.2 Å². The molecule has 0 aliphatic rings. The SMILES string of the molecule is CN=C(NCCCc1nc2ccccc2[nH]1)NCCn1cccc1.I. The van der Waals surface area contributed by atoms with Gasteiger partial charge in [-0.2, -0.15) is 0 Å². The molecule has 3 rings (SSSR count). The lowest BCUT2D eigenvalue weighted by molar-refractivity contribution is 0.659. The summed E-state index contributed by atoms with van der Waals surface area (Å²) in [5.74, 6) is 1.88. The van der Waals surface area contributed by atoms with Crippen molar-refractivity contribution in [3.8, 4) is 0 Å². The van der Waals surface area contributed by atoms with Crippen molar-refractivity contribution >= 4 is 41.0 Å². The minimum Gasteiger partial charge on any atom is -0.356 e. The highest BCUT2D eigenvalue weighted by Crippen LogP contribution is 2.10. The van der Waals surface area contributed by atoms with E-state index in [1.807, 2.05) is 30.3 Å². The minimum absolute atomic E-state index is 0. The Morgan fingerprint density at radius 3 is 2.64 bits per heavy atom. The molecule has 0 spiro atoms. The van der Waals surface area contributed by atoms with Gasteiger partial charge in [0, 0.05) is 45.5 Å². The molecule has 3 N–H and O–H groups in total. The van der Waals surface area contributed by atoms with Crippen molar-refractivity contribution in [1.29, 1.82) is 0 Å². The molecule has 134 valence electrons. The first-order valence-electron chi connectivity index (χ1n) is 8.34. The first kappa shape index (κ1) is 19.3. The number of aliphatic imine (C=N–C) groups is 1. The summed E-state index contributed by atoms with van der Waals surface area (Å²) in [6.45, 7) is 2.63. The number of hydrogen-bond acceptors (Lipinski definition) is 2. The molecule has 0 fully saturated rings. The van der Waals surface area contributed by atoms with E-state index in [9.17, 15) is 0 Å². The molecule has 2 heterocycles. The third-order valence-electron chi connectivity index (χ3n) is 3.87. The van der Waals surface area contributed by atoms with Crippen LogP contribution in [-0.2, 0) is 13.0 Å². The summed E-state index contributed by atoms with van der Waals surface area (Å²) in [7, 11) is 1.80. The quantitative estimate of drug-likeness (QED) is 0.224. The van der Waals surface area contributed by atoms with Crippen LogP contribution in [0.15, 0.2) is 53.8 Å². The van der Waals surface area contributed by atoms with Crippen molar-refractivity contribution < 1.29 is 0 Å². The lowest BCUT2D eigenvalue weighted by atomic mass is 10.3. The van der Waals surface area contributed by atoms with Gasteiger partial charge in [-0.15, -0.1) is 24.0 Å². The molecule has 0 amide bonds. The number of hydrogen-bond donors (Lipinski definition) is 3. The highest BCUT2D eigenvalue weighted by Gasteiger charge is 2.02. The first-order valence-corrected chi connectivity index (χ1v) is 8.34. The number of aromatic amines is 1.